The molecule has 0 radical (unpaired) electrons. The van der Waals surface area contributed by atoms with Gasteiger partial charge in [-0.25, -0.2) is 4.98 Å². The van der Waals surface area contributed by atoms with Crippen molar-refractivity contribution in [1.82, 2.24) is 4.98 Å². The highest BCUT2D eigenvalue weighted by Crippen LogP contribution is 2.28. The highest BCUT2D eigenvalue weighted by Gasteiger charge is 2.08. The van der Waals surface area contributed by atoms with Gasteiger partial charge in [0, 0.05) is 19.0 Å². The van der Waals surface area contributed by atoms with E-state index in [1.165, 1.54) is 12.3 Å². The topological polar surface area (TPSA) is 113 Å². The third-order valence-corrected chi connectivity index (χ3v) is 4.41. The lowest BCUT2D eigenvalue weighted by Gasteiger charge is -2.09. The number of methoxy groups -OCH3 is 2. The fourth-order valence-electron chi connectivity index (χ4n) is 2.76. The van der Waals surface area contributed by atoms with Gasteiger partial charge in [-0.15, -0.1) is 0 Å². The standard InChI is InChI=1S/C21H27N3O6/c1-28-18-9-6-16(14-19(18)29-2)7-11-21(25)30-13-5-3-4-12-22-20-10-8-17(15-23-20)24(26)27/h6,8-10,14-15H,3-5,7,11-13H2,1-2H3,(H,22,23). The third kappa shape index (κ3) is 7.57. The molecule has 9 nitrogen and oxygen atoms in total. The van der Waals surface area contributed by atoms with E-state index >= 15 is 0 Å². The lowest BCUT2D eigenvalue weighted by molar-refractivity contribution is -0.385. The summed E-state index contributed by atoms with van der Waals surface area (Å²) in [7, 11) is 3.16. The number of aromatic nitrogens is 1. The first-order chi connectivity index (χ1) is 14.5. The van der Waals surface area contributed by atoms with E-state index in [0.29, 0.717) is 43.3 Å². The second-order valence-electron chi connectivity index (χ2n) is 6.56. The number of anilines is 1. The molecule has 1 N–H and O–H groups in total. The number of rotatable bonds is 13. The Balaban J connectivity index is 1.55. The predicted octanol–water partition coefficient (Wildman–Crippen LogP) is 3.77. The Morgan fingerprint density at radius 2 is 1.90 bits per heavy atom. The van der Waals surface area contributed by atoms with Crippen LogP contribution in [0.2, 0.25) is 0 Å². The number of carbonyl (C=O) groups is 1. The summed E-state index contributed by atoms with van der Waals surface area (Å²) < 4.78 is 15.7. The number of nitro groups is 1. The number of pyridine rings is 1. The SMILES string of the molecule is COc1ccc(CCC(=O)OCCCCCNc2ccc([N+](=O)[O-])cn2)cc1OC. The van der Waals surface area contributed by atoms with Crippen molar-refractivity contribution in [2.45, 2.75) is 32.1 Å². The van der Waals surface area contributed by atoms with Crippen LogP contribution in [0.5, 0.6) is 11.5 Å². The van der Waals surface area contributed by atoms with Gasteiger partial charge in [0.15, 0.2) is 11.5 Å². The number of nitrogens with one attached hydrogen (secondary N) is 1. The largest absolute Gasteiger partial charge is 0.493 e. The van der Waals surface area contributed by atoms with Crippen LogP contribution >= 0.6 is 0 Å². The number of unbranched alkanes of at least 4 members (excludes halogenated alkanes) is 2. The van der Waals surface area contributed by atoms with Gasteiger partial charge in [0.1, 0.15) is 12.0 Å². The van der Waals surface area contributed by atoms with Crippen LogP contribution in [0.4, 0.5) is 11.5 Å². The lowest BCUT2D eigenvalue weighted by Crippen LogP contribution is -2.08. The van der Waals surface area contributed by atoms with Gasteiger partial charge in [-0.3, -0.25) is 14.9 Å². The van der Waals surface area contributed by atoms with Crippen LogP contribution in [0.1, 0.15) is 31.2 Å². The maximum atomic E-state index is 11.9. The van der Waals surface area contributed by atoms with Gasteiger partial charge >= 0.3 is 5.97 Å². The minimum atomic E-state index is -0.480. The molecular weight excluding hydrogens is 390 g/mol. The van der Waals surface area contributed by atoms with E-state index < -0.39 is 4.92 Å². The van der Waals surface area contributed by atoms with Gasteiger partial charge in [-0.2, -0.15) is 0 Å². The first-order valence-corrected chi connectivity index (χ1v) is 9.74. The maximum absolute atomic E-state index is 11.9. The van der Waals surface area contributed by atoms with E-state index in [0.717, 1.165) is 24.8 Å². The molecule has 0 amide bonds. The molecule has 0 fully saturated rings. The fraction of sp³-hybridized carbons (Fsp3) is 0.429. The summed E-state index contributed by atoms with van der Waals surface area (Å²) in [6, 6.07) is 8.58. The predicted molar refractivity (Wildman–Crippen MR) is 112 cm³/mol. The Bertz CT molecular complexity index is 826. The molecule has 0 atom stereocenters. The smallest absolute Gasteiger partial charge is 0.306 e. The second kappa shape index (κ2) is 12.3. The van der Waals surface area contributed by atoms with Gasteiger partial charge in [-0.05, 0) is 49.4 Å². The van der Waals surface area contributed by atoms with Gasteiger partial charge in [0.05, 0.1) is 25.7 Å². The van der Waals surface area contributed by atoms with E-state index in [9.17, 15) is 14.9 Å². The normalized spacial score (nSPS) is 10.3. The molecule has 0 saturated heterocycles. The number of ether oxygens (including phenoxy) is 3. The molecule has 0 spiro atoms. The molecule has 162 valence electrons. The summed E-state index contributed by atoms with van der Waals surface area (Å²) in [5, 5.41) is 13.7. The summed E-state index contributed by atoms with van der Waals surface area (Å²) >= 11 is 0. The zero-order valence-corrected chi connectivity index (χ0v) is 17.3. The van der Waals surface area contributed by atoms with Crippen molar-refractivity contribution in [2.24, 2.45) is 0 Å². The van der Waals surface area contributed by atoms with Crippen molar-refractivity contribution in [2.75, 3.05) is 32.7 Å². The van der Waals surface area contributed by atoms with E-state index in [1.807, 2.05) is 18.2 Å². The van der Waals surface area contributed by atoms with Gasteiger partial charge in [0.25, 0.3) is 5.69 Å². The molecule has 0 aliphatic rings. The van der Waals surface area contributed by atoms with E-state index in [4.69, 9.17) is 14.2 Å². The Morgan fingerprint density at radius 3 is 2.57 bits per heavy atom. The van der Waals surface area contributed by atoms with Crippen molar-refractivity contribution >= 4 is 17.5 Å². The minimum absolute atomic E-state index is 0.0338. The molecule has 0 bridgehead atoms. The van der Waals surface area contributed by atoms with Crippen LogP contribution < -0.4 is 14.8 Å². The maximum Gasteiger partial charge on any atom is 0.306 e. The summed E-state index contributed by atoms with van der Waals surface area (Å²) in [4.78, 5) is 26.0. The number of aryl methyl sites for hydroxylation is 1. The van der Waals surface area contributed by atoms with Crippen LogP contribution in [-0.2, 0) is 16.0 Å². The minimum Gasteiger partial charge on any atom is -0.493 e. The number of hydrogen-bond acceptors (Lipinski definition) is 8. The summed E-state index contributed by atoms with van der Waals surface area (Å²) in [5.74, 6) is 1.67. The monoisotopic (exact) mass is 417 g/mol. The summed E-state index contributed by atoms with van der Waals surface area (Å²) in [6.45, 7) is 1.08. The average molecular weight is 417 g/mol. The first kappa shape index (κ1) is 22.9. The number of nitrogens with zero attached hydrogens (tertiary/aromatic N) is 2. The third-order valence-electron chi connectivity index (χ3n) is 4.41. The van der Waals surface area contributed by atoms with Crippen LogP contribution in [0.25, 0.3) is 0 Å². The average Bonchev–Trinajstić information content (AvgIpc) is 2.77. The molecule has 2 aromatic rings. The molecule has 1 aromatic carbocycles. The van der Waals surface area contributed by atoms with E-state index in [2.05, 4.69) is 10.3 Å². The molecular formula is C21H27N3O6. The van der Waals surface area contributed by atoms with Crippen molar-refractivity contribution < 1.29 is 23.9 Å². The Labute approximate surface area is 175 Å². The second-order valence-corrected chi connectivity index (χ2v) is 6.56. The molecule has 2 rings (SSSR count). The first-order valence-electron chi connectivity index (χ1n) is 9.74. The molecule has 0 aliphatic heterocycles. The number of carbonyl (C=O) groups excluding carboxylic acids is 1. The summed E-state index contributed by atoms with van der Waals surface area (Å²) in [5.41, 5.74) is 0.948. The van der Waals surface area contributed by atoms with Crippen molar-refractivity contribution in [3.05, 3.63) is 52.2 Å². The van der Waals surface area contributed by atoms with Crippen LogP contribution in [-0.4, -0.2) is 43.2 Å². The quantitative estimate of drug-likeness (QED) is 0.227. The molecule has 0 saturated carbocycles. The van der Waals surface area contributed by atoms with Gasteiger partial charge in [0.2, 0.25) is 0 Å². The van der Waals surface area contributed by atoms with E-state index in [1.54, 1.807) is 20.3 Å². The molecule has 1 aromatic heterocycles. The molecule has 1 heterocycles. The lowest BCUT2D eigenvalue weighted by atomic mass is 10.1. The number of esters is 1. The molecule has 30 heavy (non-hydrogen) atoms. The van der Waals surface area contributed by atoms with Crippen LogP contribution in [0.3, 0.4) is 0 Å². The molecule has 0 unspecified atom stereocenters. The highest BCUT2D eigenvalue weighted by molar-refractivity contribution is 5.69. The Morgan fingerprint density at radius 1 is 1.10 bits per heavy atom. The van der Waals surface area contributed by atoms with Gasteiger partial charge < -0.3 is 19.5 Å². The highest BCUT2D eigenvalue weighted by atomic mass is 16.6. The zero-order chi connectivity index (χ0) is 21.8. The number of hydrogen-bond donors (Lipinski definition) is 1. The van der Waals surface area contributed by atoms with Crippen molar-refractivity contribution in [3.63, 3.8) is 0 Å². The Hall–Kier alpha value is -3.36. The molecule has 9 heteroatoms. The van der Waals surface area contributed by atoms with Crippen molar-refractivity contribution in [1.29, 1.82) is 0 Å². The molecule has 0 aliphatic carbocycles. The van der Waals surface area contributed by atoms with Crippen LogP contribution in [0.15, 0.2) is 36.5 Å². The van der Waals surface area contributed by atoms with Crippen LogP contribution in [0, 0.1) is 10.1 Å². The van der Waals surface area contributed by atoms with E-state index in [-0.39, 0.29) is 11.7 Å². The van der Waals surface area contributed by atoms with Crippen molar-refractivity contribution in [3.8, 4) is 11.5 Å². The summed E-state index contributed by atoms with van der Waals surface area (Å²) in [6.07, 6.45) is 4.65. The Kier molecular flexibility index (Phi) is 9.36. The fourth-order valence-corrected chi connectivity index (χ4v) is 2.76. The zero-order valence-electron chi connectivity index (χ0n) is 17.3. The van der Waals surface area contributed by atoms with Gasteiger partial charge in [-0.1, -0.05) is 6.07 Å². The number of benzene rings is 1.